The number of phenols is 1. The molecule has 2 aromatic rings. The van der Waals surface area contributed by atoms with Gasteiger partial charge in [-0.3, -0.25) is 4.79 Å². The normalized spacial score (nSPS) is 19.3. The molecule has 2 atom stereocenters. The van der Waals surface area contributed by atoms with E-state index in [2.05, 4.69) is 6.07 Å². The number of carbonyl (C=O) groups is 1. The number of methoxy groups -OCH3 is 2. The van der Waals surface area contributed by atoms with Crippen LogP contribution in [-0.4, -0.2) is 31.9 Å². The van der Waals surface area contributed by atoms with E-state index in [0.29, 0.717) is 18.8 Å². The molecule has 5 heteroatoms. The predicted octanol–water partition coefficient (Wildman–Crippen LogP) is 3.29. The summed E-state index contributed by atoms with van der Waals surface area (Å²) in [6.07, 6.45) is 1.34. The summed E-state index contributed by atoms with van der Waals surface area (Å²) in [5.74, 6) is 1.13. The molecule has 1 N–H and O–H groups in total. The van der Waals surface area contributed by atoms with Gasteiger partial charge in [-0.15, -0.1) is 0 Å². The Morgan fingerprint density at radius 2 is 1.73 bits per heavy atom. The molecule has 0 amide bonds. The average Bonchev–Trinajstić information content (AvgIpc) is 2.96. The molecule has 0 radical (unpaired) electrons. The number of aryl methyl sites for hydroxylation is 1. The van der Waals surface area contributed by atoms with Crippen LogP contribution in [-0.2, 0) is 22.4 Å². The first-order valence-electron chi connectivity index (χ1n) is 8.68. The Kier molecular flexibility index (Phi) is 5.35. The Balaban J connectivity index is 1.75. The summed E-state index contributed by atoms with van der Waals surface area (Å²) in [4.78, 5) is 12.2. The molecule has 1 aliphatic heterocycles. The fourth-order valence-electron chi connectivity index (χ4n) is 3.53. The quantitative estimate of drug-likeness (QED) is 0.805. The first-order valence-corrected chi connectivity index (χ1v) is 8.68. The third kappa shape index (κ3) is 3.77. The fraction of sp³-hybridized carbons (Fsp3) is 0.381. The van der Waals surface area contributed by atoms with Crippen LogP contribution in [0.15, 0.2) is 36.4 Å². The minimum Gasteiger partial charge on any atom is -0.504 e. The summed E-state index contributed by atoms with van der Waals surface area (Å²) >= 11 is 0. The van der Waals surface area contributed by atoms with Crippen molar-refractivity contribution in [2.75, 3.05) is 20.8 Å². The zero-order valence-corrected chi connectivity index (χ0v) is 15.3. The van der Waals surface area contributed by atoms with Gasteiger partial charge in [0.25, 0.3) is 0 Å². The summed E-state index contributed by atoms with van der Waals surface area (Å²) in [7, 11) is 3.17. The highest BCUT2D eigenvalue weighted by Crippen LogP contribution is 2.33. The number of benzene rings is 2. The highest BCUT2D eigenvalue weighted by Gasteiger charge is 2.36. The smallest absolute Gasteiger partial charge is 0.309 e. The summed E-state index contributed by atoms with van der Waals surface area (Å²) in [6, 6.07) is 11.3. The number of cyclic esters (lactones) is 1. The molecular formula is C21H24O5. The van der Waals surface area contributed by atoms with Crippen LogP contribution in [0.3, 0.4) is 0 Å². The van der Waals surface area contributed by atoms with Gasteiger partial charge in [0, 0.05) is 5.92 Å². The Hall–Kier alpha value is -2.69. The van der Waals surface area contributed by atoms with Crippen molar-refractivity contribution in [3.8, 4) is 17.2 Å². The van der Waals surface area contributed by atoms with E-state index in [1.54, 1.807) is 19.2 Å². The second-order valence-corrected chi connectivity index (χ2v) is 6.72. The van der Waals surface area contributed by atoms with Gasteiger partial charge in [-0.2, -0.15) is 0 Å². The van der Waals surface area contributed by atoms with E-state index in [1.165, 1.54) is 12.7 Å². The van der Waals surface area contributed by atoms with Crippen molar-refractivity contribution in [2.45, 2.75) is 19.8 Å². The van der Waals surface area contributed by atoms with E-state index in [-0.39, 0.29) is 23.6 Å². The lowest BCUT2D eigenvalue weighted by Crippen LogP contribution is -2.20. The highest BCUT2D eigenvalue weighted by molar-refractivity contribution is 5.75. The first kappa shape index (κ1) is 18.1. The lowest BCUT2D eigenvalue weighted by Gasteiger charge is -2.17. The van der Waals surface area contributed by atoms with Gasteiger partial charge in [-0.1, -0.05) is 18.2 Å². The van der Waals surface area contributed by atoms with E-state index in [1.807, 2.05) is 25.1 Å². The van der Waals surface area contributed by atoms with Gasteiger partial charge in [0.05, 0.1) is 26.7 Å². The summed E-state index contributed by atoms with van der Waals surface area (Å²) < 4.78 is 15.8. The Labute approximate surface area is 153 Å². The molecule has 138 valence electrons. The molecule has 1 heterocycles. The van der Waals surface area contributed by atoms with Gasteiger partial charge in [0.2, 0.25) is 0 Å². The lowest BCUT2D eigenvalue weighted by atomic mass is 9.84. The van der Waals surface area contributed by atoms with Crippen LogP contribution in [0.2, 0.25) is 0 Å². The molecule has 3 rings (SSSR count). The largest absolute Gasteiger partial charge is 0.504 e. The molecule has 0 spiro atoms. The van der Waals surface area contributed by atoms with Crippen molar-refractivity contribution >= 4 is 5.97 Å². The molecule has 26 heavy (non-hydrogen) atoms. The van der Waals surface area contributed by atoms with Crippen LogP contribution in [0.4, 0.5) is 0 Å². The van der Waals surface area contributed by atoms with Crippen molar-refractivity contribution in [1.29, 1.82) is 0 Å². The third-order valence-electron chi connectivity index (χ3n) is 4.97. The van der Waals surface area contributed by atoms with Crippen LogP contribution in [0.1, 0.15) is 16.7 Å². The van der Waals surface area contributed by atoms with E-state index in [9.17, 15) is 9.90 Å². The maximum Gasteiger partial charge on any atom is 0.309 e. The molecular weight excluding hydrogens is 332 g/mol. The number of aromatic hydroxyl groups is 1. The van der Waals surface area contributed by atoms with Crippen LogP contribution in [0.5, 0.6) is 17.2 Å². The molecule has 1 fully saturated rings. The number of hydrogen-bond acceptors (Lipinski definition) is 5. The van der Waals surface area contributed by atoms with Gasteiger partial charge in [-0.05, 0) is 54.7 Å². The first-order chi connectivity index (χ1) is 12.5. The fourth-order valence-corrected chi connectivity index (χ4v) is 3.53. The van der Waals surface area contributed by atoms with Crippen molar-refractivity contribution in [1.82, 2.24) is 0 Å². The molecule has 0 aromatic heterocycles. The molecule has 0 bridgehead atoms. The molecule has 2 aromatic carbocycles. The summed E-state index contributed by atoms with van der Waals surface area (Å²) in [5, 5.41) is 9.74. The average molecular weight is 356 g/mol. The predicted molar refractivity (Wildman–Crippen MR) is 97.7 cm³/mol. The minimum absolute atomic E-state index is 0.0931. The van der Waals surface area contributed by atoms with Crippen molar-refractivity contribution in [3.63, 3.8) is 0 Å². The minimum atomic E-state index is -0.202. The van der Waals surface area contributed by atoms with Crippen molar-refractivity contribution < 1.29 is 24.1 Å². The van der Waals surface area contributed by atoms with E-state index >= 15 is 0 Å². The van der Waals surface area contributed by atoms with E-state index < -0.39 is 0 Å². The number of rotatable bonds is 6. The monoisotopic (exact) mass is 356 g/mol. The van der Waals surface area contributed by atoms with Gasteiger partial charge < -0.3 is 19.3 Å². The zero-order chi connectivity index (χ0) is 18.7. The number of esters is 1. The second-order valence-electron chi connectivity index (χ2n) is 6.72. The van der Waals surface area contributed by atoms with Crippen LogP contribution >= 0.6 is 0 Å². The molecule has 1 aliphatic rings. The Morgan fingerprint density at radius 1 is 1.04 bits per heavy atom. The van der Waals surface area contributed by atoms with E-state index in [4.69, 9.17) is 14.2 Å². The lowest BCUT2D eigenvalue weighted by molar-refractivity contribution is -0.141. The second kappa shape index (κ2) is 7.68. The Morgan fingerprint density at radius 3 is 2.42 bits per heavy atom. The van der Waals surface area contributed by atoms with Crippen molar-refractivity contribution in [2.24, 2.45) is 11.8 Å². The van der Waals surface area contributed by atoms with Gasteiger partial charge in [-0.25, -0.2) is 0 Å². The van der Waals surface area contributed by atoms with Gasteiger partial charge in [0.1, 0.15) is 5.75 Å². The highest BCUT2D eigenvalue weighted by atomic mass is 16.5. The van der Waals surface area contributed by atoms with Crippen molar-refractivity contribution in [3.05, 3.63) is 53.1 Å². The number of phenolic OH excluding ortho intramolecular Hbond substituents is 1. The number of ether oxygens (including phenoxy) is 3. The topological polar surface area (TPSA) is 65.0 Å². The van der Waals surface area contributed by atoms with E-state index in [0.717, 1.165) is 23.3 Å². The standard InChI is InChI=1S/C21H24O5/c1-13-8-14(5-7-19(13)24-2)9-16-12-26-21(23)17(16)10-15-4-6-18(22)20(11-15)25-3/h4-8,11,16-17,22H,9-10,12H2,1-3H3/t16?,17-/m1/s1. The van der Waals surface area contributed by atoms with Gasteiger partial charge in [0.15, 0.2) is 11.5 Å². The molecule has 1 saturated heterocycles. The summed E-state index contributed by atoms with van der Waals surface area (Å²) in [5.41, 5.74) is 3.19. The zero-order valence-electron chi connectivity index (χ0n) is 15.3. The Bertz CT molecular complexity index is 799. The third-order valence-corrected chi connectivity index (χ3v) is 4.97. The molecule has 5 nitrogen and oxygen atoms in total. The summed E-state index contributed by atoms with van der Waals surface area (Å²) in [6.45, 7) is 2.45. The number of carbonyl (C=O) groups excluding carboxylic acids is 1. The maximum absolute atomic E-state index is 12.2. The van der Waals surface area contributed by atoms with Crippen LogP contribution in [0.25, 0.3) is 0 Å². The number of hydrogen-bond donors (Lipinski definition) is 1. The molecule has 0 saturated carbocycles. The van der Waals surface area contributed by atoms with Gasteiger partial charge >= 0.3 is 5.97 Å². The van der Waals surface area contributed by atoms with Crippen LogP contribution in [0, 0.1) is 18.8 Å². The van der Waals surface area contributed by atoms with Crippen LogP contribution < -0.4 is 9.47 Å². The molecule has 0 aliphatic carbocycles. The maximum atomic E-state index is 12.2. The molecule has 1 unspecified atom stereocenters. The SMILES string of the molecule is COc1ccc(CC2COC(=O)[C@@H]2Cc2ccc(O)c(OC)c2)cc1C.